The highest BCUT2D eigenvalue weighted by Crippen LogP contribution is 2.10. The molecule has 1 aromatic heterocycles. The number of benzene rings is 1. The van der Waals surface area contributed by atoms with E-state index in [-0.39, 0.29) is 0 Å². The fourth-order valence-electron chi connectivity index (χ4n) is 1.16. The van der Waals surface area contributed by atoms with Crippen molar-refractivity contribution in [1.29, 1.82) is 0 Å². The predicted molar refractivity (Wildman–Crippen MR) is 51.5 cm³/mol. The van der Waals surface area contributed by atoms with Crippen LogP contribution in [0.3, 0.4) is 0 Å². The van der Waals surface area contributed by atoms with Crippen molar-refractivity contribution in [1.82, 2.24) is 9.55 Å². The molecule has 0 fully saturated rings. The fourth-order valence-corrected chi connectivity index (χ4v) is 1.38. The van der Waals surface area contributed by atoms with Gasteiger partial charge in [-0.15, -0.1) is 0 Å². The number of nitrogens with zero attached hydrogens (tertiary/aromatic N) is 2. The van der Waals surface area contributed by atoms with Crippen molar-refractivity contribution in [3.8, 4) is 0 Å². The summed E-state index contributed by atoms with van der Waals surface area (Å²) in [5.41, 5.74) is 0.959. The Morgan fingerprint density at radius 1 is 1.33 bits per heavy atom. The van der Waals surface area contributed by atoms with Gasteiger partial charge in [0.1, 0.15) is 4.64 Å². The van der Waals surface area contributed by atoms with E-state index in [9.17, 15) is 0 Å². The lowest BCUT2D eigenvalue weighted by Crippen LogP contribution is -1.94. The summed E-state index contributed by atoms with van der Waals surface area (Å²) in [5.74, 6) is 0. The van der Waals surface area contributed by atoms with Crippen molar-refractivity contribution in [2.45, 2.75) is 0 Å². The summed E-state index contributed by atoms with van der Waals surface area (Å²) in [6.07, 6.45) is 1.74. The first kappa shape index (κ1) is 7.43. The van der Waals surface area contributed by atoms with Crippen LogP contribution in [0.1, 0.15) is 0 Å². The second-order valence-corrected chi connectivity index (χ2v) is 3.06. The molecule has 2 aromatic rings. The summed E-state index contributed by atoms with van der Waals surface area (Å²) in [6.45, 7) is 0. The van der Waals surface area contributed by atoms with Gasteiger partial charge in [0.25, 0.3) is 0 Å². The molecule has 0 atom stereocenters. The topological polar surface area (TPSA) is 17.8 Å². The number of aryl methyl sites for hydroxylation is 1. The van der Waals surface area contributed by atoms with Crippen molar-refractivity contribution in [2.75, 3.05) is 0 Å². The Labute approximate surface area is 75.5 Å². The minimum Gasteiger partial charge on any atom is -0.326 e. The summed E-state index contributed by atoms with van der Waals surface area (Å²) >= 11 is 5.22. The molecule has 12 heavy (non-hydrogen) atoms. The van der Waals surface area contributed by atoms with Gasteiger partial charge in [-0.2, -0.15) is 0 Å². The molecule has 1 heterocycles. The third-order valence-corrected chi connectivity index (χ3v) is 2.33. The van der Waals surface area contributed by atoms with E-state index in [1.165, 1.54) is 0 Å². The van der Waals surface area contributed by atoms with Crippen LogP contribution in [0.2, 0.25) is 0 Å². The third kappa shape index (κ3) is 1.02. The van der Waals surface area contributed by atoms with Crippen molar-refractivity contribution in [2.24, 2.45) is 7.05 Å². The van der Waals surface area contributed by atoms with Crippen LogP contribution in [-0.2, 0) is 7.05 Å². The minimum absolute atomic E-state index is 0.834. The van der Waals surface area contributed by atoms with Gasteiger partial charge in [0.05, 0.1) is 11.8 Å². The molecule has 60 valence electrons. The zero-order valence-electron chi connectivity index (χ0n) is 6.69. The molecule has 2 nitrogen and oxygen atoms in total. The summed E-state index contributed by atoms with van der Waals surface area (Å²) in [6, 6.07) is 7.89. The average Bonchev–Trinajstić information content (AvgIpc) is 2.12. The van der Waals surface area contributed by atoms with Crippen molar-refractivity contribution < 1.29 is 0 Å². The smallest absolute Gasteiger partial charge is 0.116 e. The van der Waals surface area contributed by atoms with Crippen LogP contribution in [0.25, 0.3) is 10.9 Å². The van der Waals surface area contributed by atoms with E-state index in [1.807, 2.05) is 35.9 Å². The van der Waals surface area contributed by atoms with Crippen molar-refractivity contribution in [3.63, 3.8) is 0 Å². The van der Waals surface area contributed by atoms with Crippen LogP contribution in [0.15, 0.2) is 30.6 Å². The largest absolute Gasteiger partial charge is 0.326 e. The van der Waals surface area contributed by atoms with Crippen LogP contribution in [0, 0.1) is 4.64 Å². The Kier molecular flexibility index (Phi) is 1.66. The first-order valence-electron chi connectivity index (χ1n) is 3.69. The molecule has 0 aliphatic carbocycles. The fraction of sp³-hybridized carbons (Fsp3) is 0.111. The molecule has 0 N–H and O–H groups in total. The number of para-hydroxylation sites is 1. The van der Waals surface area contributed by atoms with Gasteiger partial charge >= 0.3 is 0 Å². The van der Waals surface area contributed by atoms with Gasteiger partial charge in [0, 0.05) is 12.4 Å². The molecule has 2 rings (SSSR count). The molecule has 0 aliphatic heterocycles. The molecule has 0 radical (unpaired) electrons. The Balaban J connectivity index is 3.01. The van der Waals surface area contributed by atoms with Crippen LogP contribution in [0.5, 0.6) is 0 Å². The lowest BCUT2D eigenvalue weighted by Gasteiger charge is -2.00. The van der Waals surface area contributed by atoms with Gasteiger partial charge in [-0.05, 0) is 12.1 Å². The number of hydrogen-bond donors (Lipinski definition) is 0. The van der Waals surface area contributed by atoms with Gasteiger partial charge in [-0.3, -0.25) is 0 Å². The van der Waals surface area contributed by atoms with Crippen molar-refractivity contribution in [3.05, 3.63) is 35.2 Å². The molecule has 3 heteroatoms. The first-order valence-corrected chi connectivity index (χ1v) is 4.10. The second-order valence-electron chi connectivity index (χ2n) is 2.68. The molecule has 0 bridgehead atoms. The maximum atomic E-state index is 5.22. The maximum absolute atomic E-state index is 5.22. The standard InChI is InChI=1S/C9H8N2S/c1-11-6-10-8-5-3-2-4-7(8)9(11)12/h2-6H,1H3. The van der Waals surface area contributed by atoms with Crippen molar-refractivity contribution >= 4 is 23.1 Å². The lowest BCUT2D eigenvalue weighted by molar-refractivity contribution is 0.866. The monoisotopic (exact) mass is 176 g/mol. The highest BCUT2D eigenvalue weighted by Gasteiger charge is 1.94. The molecular weight excluding hydrogens is 168 g/mol. The third-order valence-electron chi connectivity index (χ3n) is 1.82. The van der Waals surface area contributed by atoms with E-state index in [0.717, 1.165) is 15.5 Å². The van der Waals surface area contributed by atoms with E-state index in [1.54, 1.807) is 6.33 Å². The first-order chi connectivity index (χ1) is 5.79. The number of fused-ring (bicyclic) bond motifs is 1. The van der Waals surface area contributed by atoms with Crippen LogP contribution >= 0.6 is 12.2 Å². The Morgan fingerprint density at radius 3 is 2.92 bits per heavy atom. The predicted octanol–water partition coefficient (Wildman–Crippen LogP) is 2.30. The lowest BCUT2D eigenvalue weighted by atomic mass is 10.2. The SMILES string of the molecule is Cn1cnc2ccccc2c1=S. The number of hydrogen-bond acceptors (Lipinski definition) is 2. The van der Waals surface area contributed by atoms with E-state index in [4.69, 9.17) is 12.2 Å². The van der Waals surface area contributed by atoms with E-state index >= 15 is 0 Å². The van der Waals surface area contributed by atoms with E-state index in [0.29, 0.717) is 0 Å². The van der Waals surface area contributed by atoms with E-state index in [2.05, 4.69) is 4.98 Å². The highest BCUT2D eigenvalue weighted by molar-refractivity contribution is 7.71. The molecule has 0 aliphatic rings. The molecular formula is C9H8N2S. The van der Waals surface area contributed by atoms with Gasteiger partial charge in [-0.1, -0.05) is 24.4 Å². The summed E-state index contributed by atoms with van der Waals surface area (Å²) in [7, 11) is 1.90. The Hall–Kier alpha value is -1.22. The summed E-state index contributed by atoms with van der Waals surface area (Å²) in [4.78, 5) is 4.24. The Bertz CT molecular complexity index is 473. The molecule has 0 saturated heterocycles. The van der Waals surface area contributed by atoms with Gasteiger partial charge < -0.3 is 4.57 Å². The average molecular weight is 176 g/mol. The molecule has 0 amide bonds. The normalized spacial score (nSPS) is 10.4. The molecule has 0 unspecified atom stereocenters. The minimum atomic E-state index is 0.834. The van der Waals surface area contributed by atoms with Gasteiger partial charge in [0.15, 0.2) is 0 Å². The quantitative estimate of drug-likeness (QED) is 0.573. The molecule has 1 aromatic carbocycles. The summed E-state index contributed by atoms with van der Waals surface area (Å²) in [5, 5.41) is 1.04. The molecule has 0 spiro atoms. The van der Waals surface area contributed by atoms with Crippen LogP contribution in [0.4, 0.5) is 0 Å². The number of aromatic nitrogens is 2. The zero-order valence-corrected chi connectivity index (χ0v) is 7.51. The van der Waals surface area contributed by atoms with Gasteiger partial charge in [-0.25, -0.2) is 4.98 Å². The highest BCUT2D eigenvalue weighted by atomic mass is 32.1. The number of rotatable bonds is 0. The van der Waals surface area contributed by atoms with E-state index < -0.39 is 0 Å². The maximum Gasteiger partial charge on any atom is 0.116 e. The van der Waals surface area contributed by atoms with Crippen LogP contribution < -0.4 is 0 Å². The second kappa shape index (κ2) is 2.68. The summed E-state index contributed by atoms with van der Waals surface area (Å²) < 4.78 is 2.68. The molecule has 0 saturated carbocycles. The van der Waals surface area contributed by atoms with Crippen LogP contribution in [-0.4, -0.2) is 9.55 Å². The van der Waals surface area contributed by atoms with Gasteiger partial charge in [0.2, 0.25) is 0 Å². The zero-order chi connectivity index (χ0) is 8.55. The Morgan fingerprint density at radius 2 is 2.08 bits per heavy atom.